The highest BCUT2D eigenvalue weighted by Crippen LogP contribution is 2.43. The first-order chi connectivity index (χ1) is 18.2. The Bertz CT molecular complexity index is 1450. The molecule has 39 heavy (non-hydrogen) atoms. The molecule has 0 unspecified atom stereocenters. The molecule has 0 saturated heterocycles. The smallest absolute Gasteiger partial charge is 0.415 e. The van der Waals surface area contributed by atoms with Gasteiger partial charge in [-0.1, -0.05) is 6.92 Å². The maximum Gasteiger partial charge on any atom is 0.415 e. The highest BCUT2D eigenvalue weighted by atomic mass is 19.1. The number of carbonyl (C=O) groups is 2. The molecule has 10 nitrogen and oxygen atoms in total. The van der Waals surface area contributed by atoms with Gasteiger partial charge in [-0.2, -0.15) is 0 Å². The third kappa shape index (κ3) is 5.97. The number of ether oxygens (including phenoxy) is 3. The van der Waals surface area contributed by atoms with Crippen molar-refractivity contribution in [1.29, 1.82) is 0 Å². The molecule has 2 amide bonds. The summed E-state index contributed by atoms with van der Waals surface area (Å²) in [7, 11) is 0. The maximum atomic E-state index is 16.3. The summed E-state index contributed by atoms with van der Waals surface area (Å²) in [6.45, 7) is 12.9. The van der Waals surface area contributed by atoms with Crippen LogP contribution in [0.4, 0.5) is 31.2 Å². The van der Waals surface area contributed by atoms with Gasteiger partial charge in [0.05, 0.1) is 12.2 Å². The summed E-state index contributed by atoms with van der Waals surface area (Å²) < 4.78 is 33.1. The zero-order chi connectivity index (χ0) is 28.7. The van der Waals surface area contributed by atoms with Crippen LogP contribution >= 0.6 is 0 Å². The van der Waals surface area contributed by atoms with Crippen molar-refractivity contribution in [3.8, 4) is 17.0 Å². The number of nitrogens with one attached hydrogen (secondary N) is 1. The van der Waals surface area contributed by atoms with Crippen LogP contribution in [-0.4, -0.2) is 46.5 Å². The number of benzene rings is 1. The van der Waals surface area contributed by atoms with Gasteiger partial charge in [-0.15, -0.1) is 0 Å². The highest BCUT2D eigenvalue weighted by molar-refractivity contribution is 6.04. The van der Waals surface area contributed by atoms with Gasteiger partial charge in [0, 0.05) is 28.9 Å². The second kappa shape index (κ2) is 10.2. The van der Waals surface area contributed by atoms with Gasteiger partial charge in [0.2, 0.25) is 5.88 Å². The standard InChI is InChI=1S/C28H34FN5O5/c1-8-16-19(14-32-24-23(16)34(9-10-37-24)26(36)39-28(5,6)7)17-11-15-12-20(30)31-13-18(15)22(21(17)29)33-25(35)38-27(2,3)4/h11-14H,8-10H2,1-7H3,(H2,30,31)(H,33,35). The Morgan fingerprint density at radius 1 is 1.08 bits per heavy atom. The molecule has 0 spiro atoms. The van der Waals surface area contributed by atoms with Gasteiger partial charge in [-0.05, 0) is 71.0 Å². The molecule has 3 aromatic rings. The Balaban J connectivity index is 1.91. The molecule has 1 aromatic carbocycles. The van der Waals surface area contributed by atoms with Crippen LogP contribution in [-0.2, 0) is 15.9 Å². The minimum atomic E-state index is -0.819. The van der Waals surface area contributed by atoms with E-state index in [1.807, 2.05) is 6.92 Å². The molecule has 0 bridgehead atoms. The molecule has 3 heterocycles. The number of amides is 2. The average molecular weight is 540 g/mol. The summed E-state index contributed by atoms with van der Waals surface area (Å²) in [5.41, 5.74) is 5.95. The molecule has 0 aliphatic carbocycles. The van der Waals surface area contributed by atoms with E-state index in [1.54, 1.807) is 53.7 Å². The molecule has 11 heteroatoms. The fourth-order valence-electron chi connectivity index (χ4n) is 4.35. The second-order valence-electron chi connectivity index (χ2n) is 11.2. The molecule has 0 atom stereocenters. The summed E-state index contributed by atoms with van der Waals surface area (Å²) >= 11 is 0. The zero-order valence-corrected chi connectivity index (χ0v) is 23.3. The highest BCUT2D eigenvalue weighted by Gasteiger charge is 2.33. The molecule has 1 aliphatic rings. The van der Waals surface area contributed by atoms with Crippen LogP contribution in [0.15, 0.2) is 24.5 Å². The van der Waals surface area contributed by atoms with E-state index in [0.717, 1.165) is 0 Å². The number of rotatable bonds is 3. The van der Waals surface area contributed by atoms with E-state index >= 15 is 4.39 Å². The van der Waals surface area contributed by atoms with Gasteiger partial charge >= 0.3 is 12.2 Å². The van der Waals surface area contributed by atoms with Crippen LogP contribution in [0, 0.1) is 5.82 Å². The van der Waals surface area contributed by atoms with Crippen molar-refractivity contribution in [3.05, 3.63) is 35.9 Å². The van der Waals surface area contributed by atoms with E-state index in [4.69, 9.17) is 19.9 Å². The normalized spacial score (nSPS) is 13.5. The molecular formula is C28H34FN5O5. The van der Waals surface area contributed by atoms with Gasteiger partial charge < -0.3 is 19.9 Å². The average Bonchev–Trinajstić information content (AvgIpc) is 2.82. The quantitative estimate of drug-likeness (QED) is 0.411. The third-order valence-electron chi connectivity index (χ3n) is 5.81. The molecule has 4 rings (SSSR count). The number of fused-ring (bicyclic) bond motifs is 2. The Kier molecular flexibility index (Phi) is 7.29. The number of carbonyl (C=O) groups excluding carboxylic acids is 2. The number of aromatic nitrogens is 2. The number of nitrogens with two attached hydrogens (primary N) is 1. The van der Waals surface area contributed by atoms with Crippen LogP contribution < -0.4 is 20.7 Å². The van der Waals surface area contributed by atoms with E-state index in [-0.39, 0.29) is 36.1 Å². The maximum absolute atomic E-state index is 16.3. The molecule has 3 N–H and O–H groups in total. The van der Waals surface area contributed by atoms with Crippen molar-refractivity contribution < 1.29 is 28.2 Å². The monoisotopic (exact) mass is 539 g/mol. The Morgan fingerprint density at radius 3 is 2.41 bits per heavy atom. The predicted octanol–water partition coefficient (Wildman–Crippen LogP) is 6.06. The van der Waals surface area contributed by atoms with Gasteiger partial charge in [-0.25, -0.2) is 23.9 Å². The number of hydrogen-bond acceptors (Lipinski definition) is 8. The number of anilines is 3. The van der Waals surface area contributed by atoms with Crippen molar-refractivity contribution in [1.82, 2.24) is 9.97 Å². The Morgan fingerprint density at radius 2 is 1.77 bits per heavy atom. The lowest BCUT2D eigenvalue weighted by Gasteiger charge is -2.33. The summed E-state index contributed by atoms with van der Waals surface area (Å²) in [4.78, 5) is 35.7. The van der Waals surface area contributed by atoms with E-state index in [1.165, 1.54) is 17.3 Å². The number of pyridine rings is 2. The van der Waals surface area contributed by atoms with Crippen molar-refractivity contribution in [2.45, 2.75) is 66.1 Å². The lowest BCUT2D eigenvalue weighted by atomic mass is 9.94. The molecule has 1 aliphatic heterocycles. The number of nitrogens with zero attached hydrogens (tertiary/aromatic N) is 3. The summed E-state index contributed by atoms with van der Waals surface area (Å²) in [6, 6.07) is 3.21. The predicted molar refractivity (Wildman–Crippen MR) is 148 cm³/mol. The van der Waals surface area contributed by atoms with Crippen molar-refractivity contribution in [3.63, 3.8) is 0 Å². The van der Waals surface area contributed by atoms with Gasteiger partial charge in [0.1, 0.15) is 29.3 Å². The first-order valence-electron chi connectivity index (χ1n) is 12.7. The molecular weight excluding hydrogens is 505 g/mol. The van der Waals surface area contributed by atoms with Crippen LogP contribution in [0.3, 0.4) is 0 Å². The number of halogens is 1. The van der Waals surface area contributed by atoms with E-state index < -0.39 is 29.2 Å². The summed E-state index contributed by atoms with van der Waals surface area (Å²) in [5.74, 6) is -0.224. The van der Waals surface area contributed by atoms with Crippen LogP contribution in [0.5, 0.6) is 5.88 Å². The lowest BCUT2D eigenvalue weighted by molar-refractivity contribution is 0.0564. The van der Waals surface area contributed by atoms with Gasteiger partial charge in [-0.3, -0.25) is 10.2 Å². The van der Waals surface area contributed by atoms with Gasteiger partial charge in [0.25, 0.3) is 0 Å². The van der Waals surface area contributed by atoms with Crippen molar-refractivity contribution in [2.75, 3.05) is 29.1 Å². The largest absolute Gasteiger partial charge is 0.474 e. The third-order valence-corrected chi connectivity index (χ3v) is 5.81. The van der Waals surface area contributed by atoms with E-state index in [2.05, 4.69) is 15.3 Å². The first-order valence-corrected chi connectivity index (χ1v) is 12.7. The Hall–Kier alpha value is -4.15. The SMILES string of the molecule is CCc1c(-c2cc3cc(N)ncc3c(NC(=O)OC(C)(C)C)c2F)cnc2c1N(C(=O)OC(C)(C)C)CCO2. The molecule has 0 fully saturated rings. The minimum Gasteiger partial charge on any atom is -0.474 e. The minimum absolute atomic E-state index is 0.107. The van der Waals surface area contributed by atoms with Gasteiger partial charge in [0.15, 0.2) is 5.82 Å². The topological polar surface area (TPSA) is 129 Å². The molecule has 208 valence electrons. The summed E-state index contributed by atoms with van der Waals surface area (Å²) in [6.07, 6.45) is 1.95. The molecule has 0 radical (unpaired) electrons. The zero-order valence-electron chi connectivity index (χ0n) is 23.3. The number of nitrogen functional groups attached to an aromatic ring is 1. The van der Waals surface area contributed by atoms with Crippen molar-refractivity contribution >= 4 is 40.2 Å². The van der Waals surface area contributed by atoms with Crippen LogP contribution in [0.1, 0.15) is 54.0 Å². The van der Waals surface area contributed by atoms with E-state index in [9.17, 15) is 9.59 Å². The fourth-order valence-corrected chi connectivity index (χ4v) is 4.35. The van der Waals surface area contributed by atoms with E-state index in [0.29, 0.717) is 34.0 Å². The second-order valence-corrected chi connectivity index (χ2v) is 11.2. The summed E-state index contributed by atoms with van der Waals surface area (Å²) in [5, 5.41) is 3.44. The van der Waals surface area contributed by atoms with Crippen LogP contribution in [0.2, 0.25) is 0 Å². The molecule has 2 aromatic heterocycles. The fraction of sp³-hybridized carbons (Fsp3) is 0.429. The lowest BCUT2D eigenvalue weighted by Crippen LogP contribution is -2.42. The first kappa shape index (κ1) is 27.9. The Labute approximate surface area is 226 Å². The molecule has 0 saturated carbocycles. The number of hydrogen-bond donors (Lipinski definition) is 2. The van der Waals surface area contributed by atoms with Crippen molar-refractivity contribution in [2.24, 2.45) is 0 Å². The van der Waals surface area contributed by atoms with Crippen LogP contribution in [0.25, 0.3) is 21.9 Å².